The molecule has 0 saturated carbocycles. The molecule has 0 radical (unpaired) electrons. The summed E-state index contributed by atoms with van der Waals surface area (Å²) in [7, 11) is 1.85. The molecule has 0 amide bonds. The lowest BCUT2D eigenvalue weighted by Crippen LogP contribution is -2.06. The molecular formula is C16H20BrN3O. The lowest BCUT2D eigenvalue weighted by Gasteiger charge is -2.14. The van der Waals surface area contributed by atoms with Gasteiger partial charge in [0.25, 0.3) is 0 Å². The molecule has 1 aromatic carbocycles. The highest BCUT2D eigenvalue weighted by molar-refractivity contribution is 9.10. The van der Waals surface area contributed by atoms with Gasteiger partial charge in [-0.2, -0.15) is 4.98 Å². The zero-order chi connectivity index (χ0) is 15.6. The molecule has 0 aliphatic carbocycles. The van der Waals surface area contributed by atoms with Gasteiger partial charge in [-0.3, -0.25) is 0 Å². The fraction of sp³-hybridized carbons (Fsp3) is 0.375. The molecule has 0 fully saturated rings. The Morgan fingerprint density at radius 2 is 1.90 bits per heavy atom. The number of anilines is 1. The zero-order valence-electron chi connectivity index (χ0n) is 13.0. The number of nitrogens with zero attached hydrogens (tertiary/aromatic N) is 2. The Morgan fingerprint density at radius 3 is 2.48 bits per heavy atom. The molecule has 2 rings (SSSR count). The maximum Gasteiger partial charge on any atom is 0.227 e. The second kappa shape index (κ2) is 6.43. The van der Waals surface area contributed by atoms with E-state index in [0.29, 0.717) is 5.88 Å². The van der Waals surface area contributed by atoms with E-state index in [1.165, 1.54) is 0 Å². The summed E-state index contributed by atoms with van der Waals surface area (Å²) in [5, 5.41) is 3.10. The standard InChI is InChI=1S/C16H20BrN3O/c1-9(2)14-19-15(18-5)11(4)16(20-14)21-12-6-7-13(17)10(3)8-12/h6-9H,1-5H3,(H,18,19,20). The minimum atomic E-state index is 0.242. The molecule has 0 atom stereocenters. The maximum atomic E-state index is 5.97. The van der Waals surface area contributed by atoms with Crippen LogP contribution in [0, 0.1) is 13.8 Å². The molecule has 4 nitrogen and oxygen atoms in total. The third-order valence-electron chi connectivity index (χ3n) is 3.22. The van der Waals surface area contributed by atoms with Gasteiger partial charge in [-0.1, -0.05) is 29.8 Å². The second-order valence-electron chi connectivity index (χ2n) is 5.28. The third kappa shape index (κ3) is 3.53. The summed E-state index contributed by atoms with van der Waals surface area (Å²) in [5.41, 5.74) is 2.03. The van der Waals surface area contributed by atoms with Crippen molar-refractivity contribution in [3.8, 4) is 11.6 Å². The molecule has 1 N–H and O–H groups in total. The van der Waals surface area contributed by atoms with Crippen LogP contribution in [0.4, 0.5) is 5.82 Å². The molecule has 0 spiro atoms. The van der Waals surface area contributed by atoms with Crippen LogP contribution >= 0.6 is 15.9 Å². The quantitative estimate of drug-likeness (QED) is 0.859. The molecule has 0 unspecified atom stereocenters. The van der Waals surface area contributed by atoms with Crippen molar-refractivity contribution in [2.24, 2.45) is 0 Å². The van der Waals surface area contributed by atoms with E-state index in [1.807, 2.05) is 39.1 Å². The first-order valence-electron chi connectivity index (χ1n) is 6.92. The average molecular weight is 350 g/mol. The van der Waals surface area contributed by atoms with Crippen molar-refractivity contribution in [1.82, 2.24) is 9.97 Å². The van der Waals surface area contributed by atoms with Crippen molar-refractivity contribution in [2.45, 2.75) is 33.6 Å². The Morgan fingerprint density at radius 1 is 1.19 bits per heavy atom. The van der Waals surface area contributed by atoms with E-state index in [9.17, 15) is 0 Å². The van der Waals surface area contributed by atoms with E-state index in [2.05, 4.69) is 45.1 Å². The van der Waals surface area contributed by atoms with E-state index in [-0.39, 0.29) is 5.92 Å². The molecule has 1 aromatic heterocycles. The van der Waals surface area contributed by atoms with Gasteiger partial charge in [0.05, 0.1) is 5.56 Å². The van der Waals surface area contributed by atoms with E-state index < -0.39 is 0 Å². The normalized spacial score (nSPS) is 10.8. The number of benzene rings is 1. The second-order valence-corrected chi connectivity index (χ2v) is 6.13. The van der Waals surface area contributed by atoms with Gasteiger partial charge in [-0.05, 0) is 37.6 Å². The van der Waals surface area contributed by atoms with Gasteiger partial charge in [0.15, 0.2) is 0 Å². The van der Waals surface area contributed by atoms with Crippen LogP contribution in [0.15, 0.2) is 22.7 Å². The highest BCUT2D eigenvalue weighted by Gasteiger charge is 2.14. The van der Waals surface area contributed by atoms with Gasteiger partial charge < -0.3 is 10.1 Å². The molecule has 0 bridgehead atoms. The largest absolute Gasteiger partial charge is 0.439 e. The van der Waals surface area contributed by atoms with E-state index in [4.69, 9.17) is 4.74 Å². The first-order valence-corrected chi connectivity index (χ1v) is 7.72. The van der Waals surface area contributed by atoms with Crippen LogP contribution in [0.25, 0.3) is 0 Å². The highest BCUT2D eigenvalue weighted by Crippen LogP contribution is 2.30. The van der Waals surface area contributed by atoms with Gasteiger partial charge in [0.2, 0.25) is 5.88 Å². The Kier molecular flexibility index (Phi) is 4.83. The predicted octanol–water partition coefficient (Wildman–Crippen LogP) is 4.81. The Hall–Kier alpha value is -1.62. The molecule has 1 heterocycles. The van der Waals surface area contributed by atoms with Crippen LogP contribution < -0.4 is 10.1 Å². The highest BCUT2D eigenvalue weighted by atomic mass is 79.9. The molecule has 21 heavy (non-hydrogen) atoms. The number of rotatable bonds is 4. The summed E-state index contributed by atoms with van der Waals surface area (Å²) in [6.45, 7) is 8.12. The summed E-state index contributed by atoms with van der Waals surface area (Å²) in [5.74, 6) is 3.19. The lowest BCUT2D eigenvalue weighted by molar-refractivity contribution is 0.452. The minimum Gasteiger partial charge on any atom is -0.439 e. The van der Waals surface area contributed by atoms with Gasteiger partial charge >= 0.3 is 0 Å². The van der Waals surface area contributed by atoms with Crippen molar-refractivity contribution >= 4 is 21.7 Å². The van der Waals surface area contributed by atoms with E-state index in [0.717, 1.165) is 33.0 Å². The van der Waals surface area contributed by atoms with Gasteiger partial charge in [0.1, 0.15) is 17.4 Å². The Bertz CT molecular complexity index is 656. The number of aryl methyl sites for hydroxylation is 1. The Balaban J connectivity index is 2.42. The van der Waals surface area contributed by atoms with E-state index in [1.54, 1.807) is 0 Å². The molecule has 5 heteroatoms. The van der Waals surface area contributed by atoms with Gasteiger partial charge in [-0.15, -0.1) is 0 Å². The molecule has 0 saturated heterocycles. The predicted molar refractivity (Wildman–Crippen MR) is 89.4 cm³/mol. The molecule has 0 aliphatic rings. The number of hydrogen-bond donors (Lipinski definition) is 1. The lowest BCUT2D eigenvalue weighted by atomic mass is 10.2. The summed E-state index contributed by atoms with van der Waals surface area (Å²) >= 11 is 3.49. The molecular weight excluding hydrogens is 330 g/mol. The van der Waals surface area contributed by atoms with Crippen molar-refractivity contribution in [3.05, 3.63) is 39.6 Å². The number of hydrogen-bond acceptors (Lipinski definition) is 4. The van der Waals surface area contributed by atoms with Crippen molar-refractivity contribution in [3.63, 3.8) is 0 Å². The summed E-state index contributed by atoms with van der Waals surface area (Å²) in [6, 6.07) is 5.88. The topological polar surface area (TPSA) is 47.0 Å². The van der Waals surface area contributed by atoms with Crippen molar-refractivity contribution in [1.29, 1.82) is 0 Å². The van der Waals surface area contributed by atoms with Crippen molar-refractivity contribution < 1.29 is 4.74 Å². The molecule has 0 aliphatic heterocycles. The first kappa shape index (κ1) is 15.8. The van der Waals surface area contributed by atoms with Crippen LogP contribution in [-0.4, -0.2) is 17.0 Å². The zero-order valence-corrected chi connectivity index (χ0v) is 14.6. The van der Waals surface area contributed by atoms with Crippen molar-refractivity contribution in [2.75, 3.05) is 12.4 Å². The SMILES string of the molecule is CNc1nc(C(C)C)nc(Oc2ccc(Br)c(C)c2)c1C. The van der Waals surface area contributed by atoms with Crippen LogP contribution in [0.3, 0.4) is 0 Å². The average Bonchev–Trinajstić information content (AvgIpc) is 2.44. The fourth-order valence-electron chi connectivity index (χ4n) is 1.91. The fourth-order valence-corrected chi connectivity index (χ4v) is 2.15. The summed E-state index contributed by atoms with van der Waals surface area (Å²) < 4.78 is 7.03. The number of halogens is 1. The van der Waals surface area contributed by atoms with Crippen LogP contribution in [0.5, 0.6) is 11.6 Å². The number of aromatic nitrogens is 2. The molecule has 2 aromatic rings. The summed E-state index contributed by atoms with van der Waals surface area (Å²) in [4.78, 5) is 9.06. The van der Waals surface area contributed by atoms with Crippen LogP contribution in [-0.2, 0) is 0 Å². The van der Waals surface area contributed by atoms with Crippen LogP contribution in [0.2, 0.25) is 0 Å². The molecule has 112 valence electrons. The summed E-state index contributed by atoms with van der Waals surface area (Å²) in [6.07, 6.45) is 0. The van der Waals surface area contributed by atoms with Crippen LogP contribution in [0.1, 0.15) is 36.7 Å². The third-order valence-corrected chi connectivity index (χ3v) is 4.11. The minimum absolute atomic E-state index is 0.242. The maximum absolute atomic E-state index is 5.97. The smallest absolute Gasteiger partial charge is 0.227 e. The number of ether oxygens (including phenoxy) is 1. The number of nitrogens with one attached hydrogen (secondary N) is 1. The monoisotopic (exact) mass is 349 g/mol. The first-order chi connectivity index (χ1) is 9.92. The Labute approximate surface area is 134 Å². The van der Waals surface area contributed by atoms with E-state index >= 15 is 0 Å². The van der Waals surface area contributed by atoms with Gasteiger partial charge in [0, 0.05) is 17.4 Å². The van der Waals surface area contributed by atoms with Gasteiger partial charge in [-0.25, -0.2) is 4.98 Å².